The van der Waals surface area contributed by atoms with E-state index in [9.17, 15) is 9.90 Å². The van der Waals surface area contributed by atoms with Crippen LogP contribution in [0.15, 0.2) is 18.2 Å². The SMILES string of the molecule is O=C(CCCN1CCOCC1)N[C@@H](c1ccc2c(c1)CCO2)C1CC(O)C1. The molecule has 4 rings (SSSR count). The minimum absolute atomic E-state index is 0.0183. The van der Waals surface area contributed by atoms with Crippen LogP contribution in [-0.2, 0) is 16.0 Å². The molecule has 0 unspecified atom stereocenters. The fourth-order valence-electron chi connectivity index (χ4n) is 4.31. The van der Waals surface area contributed by atoms with Crippen molar-refractivity contribution in [2.24, 2.45) is 5.92 Å². The number of morpholine rings is 1. The lowest BCUT2D eigenvalue weighted by molar-refractivity contribution is -0.123. The Bertz CT molecular complexity index is 654. The molecular weight excluding hydrogens is 344 g/mol. The third-order valence-corrected chi connectivity index (χ3v) is 5.99. The Labute approximate surface area is 160 Å². The van der Waals surface area contributed by atoms with Crippen molar-refractivity contribution >= 4 is 5.91 Å². The lowest BCUT2D eigenvalue weighted by Crippen LogP contribution is -2.41. The van der Waals surface area contributed by atoms with E-state index in [1.54, 1.807) is 0 Å². The van der Waals surface area contributed by atoms with Crippen molar-refractivity contribution < 1.29 is 19.4 Å². The number of fused-ring (bicyclic) bond motifs is 1. The van der Waals surface area contributed by atoms with Crippen LogP contribution < -0.4 is 10.1 Å². The molecule has 0 bridgehead atoms. The summed E-state index contributed by atoms with van der Waals surface area (Å²) in [7, 11) is 0. The first-order valence-electron chi connectivity index (χ1n) is 10.2. The number of nitrogens with zero attached hydrogens (tertiary/aromatic N) is 1. The number of amides is 1. The Kier molecular flexibility index (Phi) is 5.95. The van der Waals surface area contributed by atoms with Crippen LogP contribution in [-0.4, -0.2) is 61.5 Å². The molecule has 2 fully saturated rings. The number of hydrogen-bond acceptors (Lipinski definition) is 5. The summed E-state index contributed by atoms with van der Waals surface area (Å²) < 4.78 is 11.0. The highest BCUT2D eigenvalue weighted by molar-refractivity contribution is 5.76. The highest BCUT2D eigenvalue weighted by atomic mass is 16.5. The van der Waals surface area contributed by atoms with Gasteiger partial charge in [0.05, 0.1) is 32.0 Å². The molecule has 0 radical (unpaired) electrons. The summed E-state index contributed by atoms with van der Waals surface area (Å²) in [6.45, 7) is 5.18. The van der Waals surface area contributed by atoms with Gasteiger partial charge in [0, 0.05) is 25.9 Å². The largest absolute Gasteiger partial charge is 0.493 e. The Morgan fingerprint density at radius 1 is 1.26 bits per heavy atom. The zero-order valence-corrected chi connectivity index (χ0v) is 15.9. The molecule has 6 nitrogen and oxygen atoms in total. The van der Waals surface area contributed by atoms with Crippen molar-refractivity contribution in [3.63, 3.8) is 0 Å². The maximum Gasteiger partial charge on any atom is 0.220 e. The molecule has 148 valence electrons. The van der Waals surface area contributed by atoms with Gasteiger partial charge >= 0.3 is 0 Å². The molecule has 1 aromatic carbocycles. The summed E-state index contributed by atoms with van der Waals surface area (Å²) in [6, 6.07) is 6.24. The lowest BCUT2D eigenvalue weighted by atomic mass is 9.74. The second-order valence-electron chi connectivity index (χ2n) is 7.95. The summed E-state index contributed by atoms with van der Waals surface area (Å²) in [5.41, 5.74) is 2.36. The number of aliphatic hydroxyl groups excluding tert-OH is 1. The molecule has 0 aromatic heterocycles. The third-order valence-electron chi connectivity index (χ3n) is 5.99. The van der Waals surface area contributed by atoms with E-state index in [0.29, 0.717) is 12.3 Å². The zero-order valence-electron chi connectivity index (χ0n) is 15.9. The summed E-state index contributed by atoms with van der Waals surface area (Å²) in [6.07, 6.45) is 3.62. The smallest absolute Gasteiger partial charge is 0.220 e. The molecule has 6 heteroatoms. The molecule has 3 aliphatic rings. The maximum absolute atomic E-state index is 12.6. The summed E-state index contributed by atoms with van der Waals surface area (Å²) in [5.74, 6) is 1.37. The number of hydrogen-bond donors (Lipinski definition) is 2. The number of aliphatic hydroxyl groups is 1. The number of carbonyl (C=O) groups is 1. The molecule has 27 heavy (non-hydrogen) atoms. The molecule has 1 aromatic rings. The van der Waals surface area contributed by atoms with Gasteiger partial charge in [-0.25, -0.2) is 0 Å². The Morgan fingerprint density at radius 2 is 2.07 bits per heavy atom. The second kappa shape index (κ2) is 8.59. The van der Waals surface area contributed by atoms with Crippen LogP contribution in [0.4, 0.5) is 0 Å². The van der Waals surface area contributed by atoms with Crippen molar-refractivity contribution in [2.75, 3.05) is 39.5 Å². The van der Waals surface area contributed by atoms with Crippen LogP contribution in [0.1, 0.15) is 42.9 Å². The molecule has 1 amide bonds. The van der Waals surface area contributed by atoms with E-state index in [1.807, 2.05) is 6.07 Å². The van der Waals surface area contributed by atoms with E-state index >= 15 is 0 Å². The van der Waals surface area contributed by atoms with Gasteiger partial charge in [0.1, 0.15) is 5.75 Å². The average molecular weight is 374 g/mol. The number of ether oxygens (including phenoxy) is 2. The number of nitrogens with one attached hydrogen (secondary N) is 1. The Hall–Kier alpha value is -1.63. The first kappa shape index (κ1) is 18.7. The van der Waals surface area contributed by atoms with E-state index in [0.717, 1.165) is 76.5 Å². The van der Waals surface area contributed by atoms with Gasteiger partial charge in [0.25, 0.3) is 0 Å². The third kappa shape index (κ3) is 4.62. The minimum Gasteiger partial charge on any atom is -0.493 e. The lowest BCUT2D eigenvalue weighted by Gasteiger charge is -2.38. The van der Waals surface area contributed by atoms with Crippen LogP contribution in [0.3, 0.4) is 0 Å². The van der Waals surface area contributed by atoms with Gasteiger partial charge in [-0.05, 0) is 55.0 Å². The minimum atomic E-state index is -0.228. The number of benzene rings is 1. The monoisotopic (exact) mass is 374 g/mol. The van der Waals surface area contributed by atoms with Crippen molar-refractivity contribution in [3.05, 3.63) is 29.3 Å². The molecule has 1 saturated heterocycles. The number of carbonyl (C=O) groups excluding carboxylic acids is 1. The highest BCUT2D eigenvalue weighted by Crippen LogP contribution is 2.39. The molecule has 1 aliphatic carbocycles. The molecule has 2 heterocycles. The van der Waals surface area contributed by atoms with Gasteiger partial charge in [0.15, 0.2) is 0 Å². The van der Waals surface area contributed by atoms with Gasteiger partial charge < -0.3 is 19.9 Å². The summed E-state index contributed by atoms with van der Waals surface area (Å²) in [4.78, 5) is 14.9. The molecule has 1 atom stereocenters. The quantitative estimate of drug-likeness (QED) is 0.760. The second-order valence-corrected chi connectivity index (χ2v) is 7.95. The van der Waals surface area contributed by atoms with Crippen LogP contribution >= 0.6 is 0 Å². The summed E-state index contributed by atoms with van der Waals surface area (Å²) in [5, 5.41) is 13.0. The van der Waals surface area contributed by atoms with E-state index < -0.39 is 0 Å². The molecule has 2 aliphatic heterocycles. The van der Waals surface area contributed by atoms with Gasteiger partial charge in [-0.2, -0.15) is 0 Å². The molecule has 2 N–H and O–H groups in total. The molecular formula is C21H30N2O4. The van der Waals surface area contributed by atoms with Crippen LogP contribution in [0.2, 0.25) is 0 Å². The topological polar surface area (TPSA) is 71.0 Å². The predicted octanol–water partition coefficient (Wildman–Crippen LogP) is 1.66. The molecule has 1 saturated carbocycles. The van der Waals surface area contributed by atoms with Crippen molar-refractivity contribution in [3.8, 4) is 5.75 Å². The van der Waals surface area contributed by atoms with Gasteiger partial charge in [-0.3, -0.25) is 9.69 Å². The van der Waals surface area contributed by atoms with Crippen LogP contribution in [0.5, 0.6) is 5.75 Å². The number of rotatable bonds is 7. The molecule has 0 spiro atoms. The first-order chi connectivity index (χ1) is 13.2. The Morgan fingerprint density at radius 3 is 2.85 bits per heavy atom. The van der Waals surface area contributed by atoms with Crippen molar-refractivity contribution in [1.29, 1.82) is 0 Å². The van der Waals surface area contributed by atoms with E-state index in [-0.39, 0.29) is 18.1 Å². The van der Waals surface area contributed by atoms with Gasteiger partial charge in [-0.15, -0.1) is 0 Å². The predicted molar refractivity (Wildman–Crippen MR) is 102 cm³/mol. The standard InChI is InChI=1S/C21H30N2O4/c24-18-13-17(14-18)21(16-3-4-19-15(12-16)5-9-27-19)22-20(25)2-1-6-23-7-10-26-11-8-23/h3-4,12,17-18,21,24H,1-2,5-11,13-14H2,(H,22,25)/t17?,18?,21-/m0/s1. The van der Waals surface area contributed by atoms with E-state index in [1.165, 1.54) is 5.56 Å². The van der Waals surface area contributed by atoms with E-state index in [4.69, 9.17) is 9.47 Å². The fraction of sp³-hybridized carbons (Fsp3) is 0.667. The summed E-state index contributed by atoms with van der Waals surface area (Å²) >= 11 is 0. The first-order valence-corrected chi connectivity index (χ1v) is 10.2. The van der Waals surface area contributed by atoms with Crippen molar-refractivity contribution in [2.45, 2.75) is 44.2 Å². The van der Waals surface area contributed by atoms with Crippen LogP contribution in [0.25, 0.3) is 0 Å². The highest BCUT2D eigenvalue weighted by Gasteiger charge is 2.36. The zero-order chi connectivity index (χ0) is 18.6. The van der Waals surface area contributed by atoms with Crippen molar-refractivity contribution in [1.82, 2.24) is 10.2 Å². The normalized spacial score (nSPS) is 26.0. The average Bonchev–Trinajstić information content (AvgIpc) is 3.12. The van der Waals surface area contributed by atoms with E-state index in [2.05, 4.69) is 22.3 Å². The Balaban J connectivity index is 1.34. The van der Waals surface area contributed by atoms with Gasteiger partial charge in [0.2, 0.25) is 5.91 Å². The fourth-order valence-corrected chi connectivity index (χ4v) is 4.31. The maximum atomic E-state index is 12.6. The van der Waals surface area contributed by atoms with Crippen LogP contribution in [0, 0.1) is 5.92 Å². The van der Waals surface area contributed by atoms with Gasteiger partial charge in [-0.1, -0.05) is 6.07 Å².